The Balaban J connectivity index is 2.13. The van der Waals surface area contributed by atoms with Crippen LogP contribution >= 0.6 is 11.6 Å². The highest BCUT2D eigenvalue weighted by molar-refractivity contribution is 6.28. The van der Waals surface area contributed by atoms with Gasteiger partial charge in [-0.3, -0.25) is 4.57 Å². The smallest absolute Gasteiger partial charge is 0.241 e. The first kappa shape index (κ1) is 13.7. The molecule has 7 heteroatoms. The van der Waals surface area contributed by atoms with Crippen LogP contribution in [0.25, 0.3) is 5.95 Å². The lowest BCUT2D eigenvalue weighted by Crippen LogP contribution is -2.18. The van der Waals surface area contributed by atoms with E-state index in [1.165, 1.54) is 12.8 Å². The van der Waals surface area contributed by atoms with E-state index in [0.29, 0.717) is 17.9 Å². The van der Waals surface area contributed by atoms with Gasteiger partial charge >= 0.3 is 0 Å². The van der Waals surface area contributed by atoms with Crippen LogP contribution in [0.2, 0.25) is 5.28 Å². The molecule has 2 aromatic heterocycles. The molecule has 0 fully saturated rings. The van der Waals surface area contributed by atoms with Gasteiger partial charge in [-0.15, -0.1) is 0 Å². The molecule has 1 N–H and O–H groups in total. The van der Waals surface area contributed by atoms with Crippen LogP contribution in [0.1, 0.15) is 33.1 Å². The monoisotopic (exact) mass is 280 g/mol. The second kappa shape index (κ2) is 6.47. The van der Waals surface area contributed by atoms with Gasteiger partial charge in [-0.25, -0.2) is 4.98 Å². The lowest BCUT2D eigenvalue weighted by molar-refractivity contribution is 0.639. The maximum absolute atomic E-state index is 5.92. The Morgan fingerprint density at radius 2 is 2.21 bits per heavy atom. The molecule has 1 unspecified atom stereocenters. The lowest BCUT2D eigenvalue weighted by atomic mass is 10.1. The summed E-state index contributed by atoms with van der Waals surface area (Å²) in [4.78, 5) is 16.4. The van der Waals surface area contributed by atoms with Crippen LogP contribution in [-0.2, 0) is 0 Å². The molecule has 0 amide bonds. The van der Waals surface area contributed by atoms with Crippen molar-refractivity contribution in [2.24, 2.45) is 0 Å². The predicted octanol–water partition coefficient (Wildman–Crippen LogP) is 2.70. The molecule has 0 bridgehead atoms. The number of imidazole rings is 1. The number of nitrogens with zero attached hydrogens (tertiary/aromatic N) is 5. The van der Waals surface area contributed by atoms with E-state index >= 15 is 0 Å². The topological polar surface area (TPSA) is 68.5 Å². The third-order valence-corrected chi connectivity index (χ3v) is 2.87. The van der Waals surface area contributed by atoms with Gasteiger partial charge in [0.1, 0.15) is 6.33 Å². The Bertz CT molecular complexity index is 513. The summed E-state index contributed by atoms with van der Waals surface area (Å²) in [6, 6.07) is 0.300. The first-order chi connectivity index (χ1) is 9.19. The van der Waals surface area contributed by atoms with Gasteiger partial charge in [0, 0.05) is 18.4 Å². The van der Waals surface area contributed by atoms with E-state index in [9.17, 15) is 0 Å². The molecule has 2 heterocycles. The molecule has 0 spiro atoms. The fraction of sp³-hybridized carbons (Fsp3) is 0.500. The molecule has 102 valence electrons. The molecule has 0 aliphatic heterocycles. The normalized spacial score (nSPS) is 12.4. The van der Waals surface area contributed by atoms with Crippen LogP contribution in [0, 0.1) is 0 Å². The molecule has 19 heavy (non-hydrogen) atoms. The van der Waals surface area contributed by atoms with Crippen LogP contribution < -0.4 is 5.32 Å². The van der Waals surface area contributed by atoms with Crippen LogP contribution in [0.4, 0.5) is 5.95 Å². The average Bonchev–Trinajstić information content (AvgIpc) is 2.89. The quantitative estimate of drug-likeness (QED) is 0.881. The van der Waals surface area contributed by atoms with Crippen LogP contribution in [0.3, 0.4) is 0 Å². The lowest BCUT2D eigenvalue weighted by Gasteiger charge is -2.13. The summed E-state index contributed by atoms with van der Waals surface area (Å²) < 4.78 is 1.69. The maximum Gasteiger partial charge on any atom is 0.241 e. The molecular formula is C12H17ClN6. The zero-order chi connectivity index (χ0) is 13.7. The van der Waals surface area contributed by atoms with E-state index in [0.717, 1.165) is 6.42 Å². The van der Waals surface area contributed by atoms with Gasteiger partial charge in [-0.1, -0.05) is 19.8 Å². The molecule has 0 aliphatic carbocycles. The Kier molecular flexibility index (Phi) is 4.68. The largest absolute Gasteiger partial charge is 0.352 e. The van der Waals surface area contributed by atoms with Crippen molar-refractivity contribution in [3.8, 4) is 5.95 Å². The number of rotatable bonds is 6. The Labute approximate surface area is 117 Å². The number of hydrogen-bond acceptors (Lipinski definition) is 5. The van der Waals surface area contributed by atoms with Gasteiger partial charge in [0.15, 0.2) is 0 Å². The molecule has 0 aliphatic rings. The number of hydrogen-bond donors (Lipinski definition) is 1. The Morgan fingerprint density at radius 3 is 2.89 bits per heavy atom. The summed E-state index contributed by atoms with van der Waals surface area (Å²) in [5, 5.41) is 3.41. The van der Waals surface area contributed by atoms with E-state index in [1.54, 1.807) is 23.3 Å². The third kappa shape index (κ3) is 3.89. The van der Waals surface area contributed by atoms with Crippen molar-refractivity contribution in [3.63, 3.8) is 0 Å². The predicted molar refractivity (Wildman–Crippen MR) is 74.6 cm³/mol. The molecule has 0 aromatic carbocycles. The van der Waals surface area contributed by atoms with Gasteiger partial charge in [0.25, 0.3) is 0 Å². The van der Waals surface area contributed by atoms with Crippen molar-refractivity contribution in [2.75, 3.05) is 5.32 Å². The number of nitrogens with one attached hydrogen (secondary N) is 1. The first-order valence-corrected chi connectivity index (χ1v) is 6.73. The Morgan fingerprint density at radius 1 is 1.37 bits per heavy atom. The molecule has 1 atom stereocenters. The highest BCUT2D eigenvalue weighted by atomic mass is 35.5. The summed E-state index contributed by atoms with van der Waals surface area (Å²) in [5.41, 5.74) is 0. The van der Waals surface area contributed by atoms with Crippen molar-refractivity contribution in [3.05, 3.63) is 24.0 Å². The SMILES string of the molecule is CCCCC(C)Nc1nc(Cl)nc(-n2ccnc2)n1. The number of aromatic nitrogens is 5. The van der Waals surface area contributed by atoms with Gasteiger partial charge in [-0.05, 0) is 24.9 Å². The number of unbranched alkanes of at least 4 members (excludes halogenated alkanes) is 1. The van der Waals surface area contributed by atoms with Gasteiger partial charge < -0.3 is 5.32 Å². The van der Waals surface area contributed by atoms with Gasteiger partial charge in [-0.2, -0.15) is 15.0 Å². The van der Waals surface area contributed by atoms with Gasteiger partial charge in [0.2, 0.25) is 17.2 Å². The van der Waals surface area contributed by atoms with E-state index in [4.69, 9.17) is 11.6 Å². The molecule has 2 aromatic rings. The van der Waals surface area contributed by atoms with Gasteiger partial charge in [0.05, 0.1) is 0 Å². The summed E-state index contributed by atoms with van der Waals surface area (Å²) in [6.07, 6.45) is 8.45. The van der Waals surface area contributed by atoms with Crippen molar-refractivity contribution >= 4 is 17.5 Å². The molecule has 0 saturated carbocycles. The van der Waals surface area contributed by atoms with E-state index in [-0.39, 0.29) is 5.28 Å². The van der Waals surface area contributed by atoms with Crippen LogP contribution in [-0.4, -0.2) is 30.5 Å². The highest BCUT2D eigenvalue weighted by Crippen LogP contribution is 2.12. The maximum atomic E-state index is 5.92. The summed E-state index contributed by atoms with van der Waals surface area (Å²) in [6.45, 7) is 4.27. The third-order valence-electron chi connectivity index (χ3n) is 2.70. The zero-order valence-electron chi connectivity index (χ0n) is 11.0. The fourth-order valence-corrected chi connectivity index (χ4v) is 1.86. The van der Waals surface area contributed by atoms with Crippen molar-refractivity contribution in [1.82, 2.24) is 24.5 Å². The van der Waals surface area contributed by atoms with Crippen LogP contribution in [0.5, 0.6) is 0 Å². The minimum absolute atomic E-state index is 0.170. The fourth-order valence-electron chi connectivity index (χ4n) is 1.70. The second-order valence-corrected chi connectivity index (χ2v) is 4.72. The average molecular weight is 281 g/mol. The van der Waals surface area contributed by atoms with E-state index in [2.05, 4.69) is 39.1 Å². The van der Waals surface area contributed by atoms with E-state index in [1.807, 2.05) is 0 Å². The number of halogens is 1. The highest BCUT2D eigenvalue weighted by Gasteiger charge is 2.09. The summed E-state index contributed by atoms with van der Waals surface area (Å²) >= 11 is 5.92. The van der Waals surface area contributed by atoms with Crippen LogP contribution in [0.15, 0.2) is 18.7 Å². The Hall–Kier alpha value is -1.69. The molecular weight excluding hydrogens is 264 g/mol. The minimum Gasteiger partial charge on any atom is -0.352 e. The zero-order valence-corrected chi connectivity index (χ0v) is 11.8. The molecule has 6 nitrogen and oxygen atoms in total. The van der Waals surface area contributed by atoms with E-state index < -0.39 is 0 Å². The molecule has 0 radical (unpaired) electrons. The number of anilines is 1. The molecule has 0 saturated heterocycles. The first-order valence-electron chi connectivity index (χ1n) is 6.35. The van der Waals surface area contributed by atoms with Crippen molar-refractivity contribution < 1.29 is 0 Å². The second-order valence-electron chi connectivity index (χ2n) is 4.39. The summed E-state index contributed by atoms with van der Waals surface area (Å²) in [7, 11) is 0. The van der Waals surface area contributed by atoms with Crippen molar-refractivity contribution in [1.29, 1.82) is 0 Å². The summed E-state index contributed by atoms with van der Waals surface area (Å²) in [5.74, 6) is 0.954. The minimum atomic E-state index is 0.170. The molecule has 2 rings (SSSR count). The standard InChI is InChI=1S/C12H17ClN6/c1-3-4-5-9(2)15-11-16-10(13)17-12(18-11)19-7-6-14-8-19/h6-9H,3-5H2,1-2H3,(H,15,16,17,18). The van der Waals surface area contributed by atoms with Crippen molar-refractivity contribution in [2.45, 2.75) is 39.2 Å².